The molecule has 3 aromatic rings. The number of aryl methyl sites for hydroxylation is 1. The van der Waals surface area contributed by atoms with Crippen LogP contribution in [-0.2, 0) is 0 Å². The molecule has 0 aliphatic rings. The van der Waals surface area contributed by atoms with Gasteiger partial charge in [-0.15, -0.1) is 0 Å². The van der Waals surface area contributed by atoms with E-state index in [1.165, 1.54) is 16.7 Å². The fraction of sp³-hybridized carbons (Fsp3) is 0.0714. The van der Waals surface area contributed by atoms with Crippen molar-refractivity contribution in [3.05, 3.63) is 48.0 Å². The Balaban J connectivity index is 2.26. The molecule has 84 valence electrons. The number of nitrogens with two attached hydrogens (primary N) is 1. The molecule has 0 atom stereocenters. The highest BCUT2D eigenvalue weighted by atomic mass is 32.1. The van der Waals surface area contributed by atoms with Gasteiger partial charge in [-0.1, -0.05) is 53.3 Å². The van der Waals surface area contributed by atoms with Gasteiger partial charge in [0.15, 0.2) is 5.13 Å². The van der Waals surface area contributed by atoms with Crippen LogP contribution in [0.25, 0.3) is 21.3 Å². The van der Waals surface area contributed by atoms with E-state index < -0.39 is 0 Å². The maximum atomic E-state index is 5.77. The van der Waals surface area contributed by atoms with E-state index in [0.717, 1.165) is 10.2 Å². The summed E-state index contributed by atoms with van der Waals surface area (Å²) in [7, 11) is 0. The summed E-state index contributed by atoms with van der Waals surface area (Å²) in [5, 5.41) is 0.625. The van der Waals surface area contributed by atoms with Crippen molar-refractivity contribution in [2.45, 2.75) is 6.92 Å². The highest BCUT2D eigenvalue weighted by Crippen LogP contribution is 2.33. The van der Waals surface area contributed by atoms with Crippen molar-refractivity contribution in [1.82, 2.24) is 4.98 Å². The molecule has 3 rings (SSSR count). The Morgan fingerprint density at radius 1 is 1.06 bits per heavy atom. The predicted molar refractivity (Wildman–Crippen MR) is 74.2 cm³/mol. The number of hydrogen-bond donors (Lipinski definition) is 1. The first-order valence-corrected chi connectivity index (χ1v) is 6.28. The SMILES string of the molecule is Cc1ccc(-c2cccc3nc(N)sc23)cc1. The van der Waals surface area contributed by atoms with Crippen LogP contribution in [-0.4, -0.2) is 4.98 Å². The van der Waals surface area contributed by atoms with Gasteiger partial charge in [0.25, 0.3) is 0 Å². The zero-order valence-electron chi connectivity index (χ0n) is 9.47. The molecule has 3 heteroatoms. The van der Waals surface area contributed by atoms with Crippen molar-refractivity contribution in [3.8, 4) is 11.1 Å². The highest BCUT2D eigenvalue weighted by molar-refractivity contribution is 7.22. The van der Waals surface area contributed by atoms with Crippen LogP contribution in [0.4, 0.5) is 5.13 Å². The van der Waals surface area contributed by atoms with Gasteiger partial charge < -0.3 is 5.73 Å². The highest BCUT2D eigenvalue weighted by Gasteiger charge is 2.07. The molecule has 0 aliphatic heterocycles. The Labute approximate surface area is 104 Å². The third-order valence-corrected chi connectivity index (χ3v) is 3.73. The van der Waals surface area contributed by atoms with Gasteiger partial charge in [-0.25, -0.2) is 4.98 Å². The van der Waals surface area contributed by atoms with E-state index in [4.69, 9.17) is 5.73 Å². The van der Waals surface area contributed by atoms with Crippen LogP contribution in [0, 0.1) is 6.92 Å². The second-order valence-corrected chi connectivity index (χ2v) is 5.10. The number of nitrogens with zero attached hydrogens (tertiary/aromatic N) is 1. The van der Waals surface area contributed by atoms with Gasteiger partial charge in [-0.2, -0.15) is 0 Å². The lowest BCUT2D eigenvalue weighted by atomic mass is 10.0. The molecule has 0 radical (unpaired) electrons. The molecular formula is C14H12N2S. The average Bonchev–Trinajstić information content (AvgIpc) is 2.70. The lowest BCUT2D eigenvalue weighted by Crippen LogP contribution is -1.80. The molecule has 0 amide bonds. The molecule has 2 aromatic carbocycles. The molecule has 1 aromatic heterocycles. The monoisotopic (exact) mass is 240 g/mol. The minimum Gasteiger partial charge on any atom is -0.375 e. The van der Waals surface area contributed by atoms with E-state index in [2.05, 4.69) is 42.2 Å². The summed E-state index contributed by atoms with van der Waals surface area (Å²) in [5.74, 6) is 0. The van der Waals surface area contributed by atoms with Crippen molar-refractivity contribution in [2.75, 3.05) is 5.73 Å². The Hall–Kier alpha value is -1.87. The van der Waals surface area contributed by atoms with Gasteiger partial charge in [0.1, 0.15) is 0 Å². The Morgan fingerprint density at radius 2 is 1.82 bits per heavy atom. The first-order chi connectivity index (χ1) is 8.24. The number of thiazole rings is 1. The molecule has 0 fully saturated rings. The van der Waals surface area contributed by atoms with E-state index in [1.54, 1.807) is 11.3 Å². The van der Waals surface area contributed by atoms with Gasteiger partial charge in [0.2, 0.25) is 0 Å². The predicted octanol–water partition coefficient (Wildman–Crippen LogP) is 3.85. The topological polar surface area (TPSA) is 38.9 Å². The smallest absolute Gasteiger partial charge is 0.181 e. The minimum atomic E-state index is 0.625. The summed E-state index contributed by atoms with van der Waals surface area (Å²) in [4.78, 5) is 4.31. The van der Waals surface area contributed by atoms with Gasteiger partial charge in [-0.05, 0) is 18.6 Å². The molecule has 0 aliphatic carbocycles. The fourth-order valence-electron chi connectivity index (χ4n) is 1.93. The maximum absolute atomic E-state index is 5.77. The summed E-state index contributed by atoms with van der Waals surface area (Å²) in [6.45, 7) is 2.09. The standard InChI is InChI=1S/C14H12N2S/c1-9-5-7-10(8-6-9)11-3-2-4-12-13(11)17-14(15)16-12/h2-8H,1H3,(H2,15,16). The van der Waals surface area contributed by atoms with Crippen molar-refractivity contribution >= 4 is 26.7 Å². The van der Waals surface area contributed by atoms with Crippen molar-refractivity contribution in [3.63, 3.8) is 0 Å². The second kappa shape index (κ2) is 3.86. The first-order valence-electron chi connectivity index (χ1n) is 5.46. The summed E-state index contributed by atoms with van der Waals surface area (Å²) in [6, 6.07) is 14.7. The van der Waals surface area contributed by atoms with E-state index in [1.807, 2.05) is 12.1 Å². The first kappa shape index (κ1) is 10.3. The van der Waals surface area contributed by atoms with Crippen molar-refractivity contribution < 1.29 is 0 Å². The lowest BCUT2D eigenvalue weighted by Gasteiger charge is -2.03. The van der Waals surface area contributed by atoms with Crippen LogP contribution in [0.5, 0.6) is 0 Å². The maximum Gasteiger partial charge on any atom is 0.181 e. The third kappa shape index (κ3) is 1.78. The van der Waals surface area contributed by atoms with Gasteiger partial charge in [0.05, 0.1) is 10.2 Å². The lowest BCUT2D eigenvalue weighted by molar-refractivity contribution is 1.47. The molecule has 2 nitrogen and oxygen atoms in total. The number of anilines is 1. The van der Waals surface area contributed by atoms with E-state index >= 15 is 0 Å². The number of fused-ring (bicyclic) bond motifs is 1. The van der Waals surface area contributed by atoms with Gasteiger partial charge in [0, 0.05) is 5.56 Å². The molecule has 0 unspecified atom stereocenters. The van der Waals surface area contributed by atoms with Crippen LogP contribution < -0.4 is 5.73 Å². The van der Waals surface area contributed by atoms with Crippen LogP contribution in [0.15, 0.2) is 42.5 Å². The molecule has 0 spiro atoms. The quantitative estimate of drug-likeness (QED) is 0.701. The van der Waals surface area contributed by atoms with Gasteiger partial charge in [-0.3, -0.25) is 0 Å². The molecule has 0 saturated heterocycles. The third-order valence-electron chi connectivity index (χ3n) is 2.79. The Bertz CT molecular complexity index is 668. The molecule has 0 bridgehead atoms. The number of rotatable bonds is 1. The zero-order valence-corrected chi connectivity index (χ0v) is 10.3. The van der Waals surface area contributed by atoms with Crippen LogP contribution in [0.3, 0.4) is 0 Å². The van der Waals surface area contributed by atoms with Gasteiger partial charge >= 0.3 is 0 Å². The number of nitrogen functional groups attached to an aromatic ring is 1. The summed E-state index contributed by atoms with van der Waals surface area (Å²) >= 11 is 1.54. The minimum absolute atomic E-state index is 0.625. The molecule has 17 heavy (non-hydrogen) atoms. The number of benzene rings is 2. The molecule has 0 saturated carbocycles. The normalized spacial score (nSPS) is 10.9. The Kier molecular flexibility index (Phi) is 2.34. The van der Waals surface area contributed by atoms with Crippen LogP contribution in [0.1, 0.15) is 5.56 Å². The number of hydrogen-bond acceptors (Lipinski definition) is 3. The Morgan fingerprint density at radius 3 is 2.59 bits per heavy atom. The van der Waals surface area contributed by atoms with Crippen LogP contribution >= 0.6 is 11.3 Å². The average molecular weight is 240 g/mol. The summed E-state index contributed by atoms with van der Waals surface area (Å²) in [6.07, 6.45) is 0. The van der Waals surface area contributed by atoms with Crippen LogP contribution in [0.2, 0.25) is 0 Å². The largest absolute Gasteiger partial charge is 0.375 e. The molecule has 1 heterocycles. The van der Waals surface area contributed by atoms with Crippen molar-refractivity contribution in [1.29, 1.82) is 0 Å². The summed E-state index contributed by atoms with van der Waals surface area (Å²) < 4.78 is 1.16. The van der Waals surface area contributed by atoms with Crippen molar-refractivity contribution in [2.24, 2.45) is 0 Å². The van der Waals surface area contributed by atoms with E-state index in [-0.39, 0.29) is 0 Å². The summed E-state index contributed by atoms with van der Waals surface area (Å²) in [5.41, 5.74) is 10.4. The number of aromatic nitrogens is 1. The van der Waals surface area contributed by atoms with E-state index in [0.29, 0.717) is 5.13 Å². The molecule has 2 N–H and O–H groups in total. The van der Waals surface area contributed by atoms with E-state index in [9.17, 15) is 0 Å². The second-order valence-electron chi connectivity index (χ2n) is 4.07. The molecular weight excluding hydrogens is 228 g/mol. The zero-order chi connectivity index (χ0) is 11.8. The fourth-order valence-corrected chi connectivity index (χ4v) is 2.79.